The van der Waals surface area contributed by atoms with Crippen molar-refractivity contribution in [3.05, 3.63) is 64.9 Å². The van der Waals surface area contributed by atoms with E-state index >= 15 is 0 Å². The van der Waals surface area contributed by atoms with Gasteiger partial charge in [0.2, 0.25) is 5.91 Å². The van der Waals surface area contributed by atoms with Gasteiger partial charge in [-0.05, 0) is 57.1 Å². The fourth-order valence-electron chi connectivity index (χ4n) is 5.33. The van der Waals surface area contributed by atoms with Gasteiger partial charge in [0.1, 0.15) is 5.82 Å². The maximum atomic E-state index is 13.2. The summed E-state index contributed by atoms with van der Waals surface area (Å²) in [6, 6.07) is 15.4. The Labute approximate surface area is 211 Å². The number of hydrogen-bond acceptors (Lipinski definition) is 4. The van der Waals surface area contributed by atoms with Crippen LogP contribution in [-0.4, -0.2) is 75.3 Å². The van der Waals surface area contributed by atoms with E-state index in [1.54, 1.807) is 17.0 Å². The summed E-state index contributed by atoms with van der Waals surface area (Å²) in [6.45, 7) is 7.91. The van der Waals surface area contributed by atoms with Crippen LogP contribution in [0.5, 0.6) is 0 Å². The molecule has 0 N–H and O–H groups in total. The van der Waals surface area contributed by atoms with E-state index in [9.17, 15) is 9.59 Å². The van der Waals surface area contributed by atoms with Crippen LogP contribution in [0, 0.1) is 5.92 Å². The number of carbonyl (C=O) groups excluding carboxylic acids is 2. The highest BCUT2D eigenvalue weighted by molar-refractivity contribution is 6.33. The minimum atomic E-state index is -0.0610. The van der Waals surface area contributed by atoms with Crippen molar-refractivity contribution < 1.29 is 9.59 Å². The number of benzene rings is 2. The molecule has 2 aliphatic rings. The number of fused-ring (bicyclic) bond motifs is 1. The zero-order chi connectivity index (χ0) is 24.4. The summed E-state index contributed by atoms with van der Waals surface area (Å²) in [5.74, 6) is 1.32. The molecule has 3 aromatic rings. The molecule has 0 unspecified atom stereocenters. The van der Waals surface area contributed by atoms with Crippen molar-refractivity contribution in [1.29, 1.82) is 0 Å². The number of hydrogen-bond donors (Lipinski definition) is 0. The molecule has 3 heterocycles. The first-order valence-electron chi connectivity index (χ1n) is 12.5. The van der Waals surface area contributed by atoms with Gasteiger partial charge in [0, 0.05) is 38.6 Å². The maximum Gasteiger partial charge on any atom is 0.255 e. The number of para-hydroxylation sites is 2. The molecule has 8 heteroatoms. The summed E-state index contributed by atoms with van der Waals surface area (Å²) in [5.41, 5.74) is 2.75. The highest BCUT2D eigenvalue weighted by atomic mass is 35.5. The zero-order valence-electron chi connectivity index (χ0n) is 20.2. The van der Waals surface area contributed by atoms with Gasteiger partial charge in [-0.2, -0.15) is 0 Å². The molecule has 2 saturated heterocycles. The number of nitrogens with zero attached hydrogens (tertiary/aromatic N) is 5. The molecule has 184 valence electrons. The van der Waals surface area contributed by atoms with E-state index in [1.165, 1.54) is 5.52 Å². The Morgan fingerprint density at radius 1 is 0.914 bits per heavy atom. The summed E-state index contributed by atoms with van der Waals surface area (Å²) in [7, 11) is 0. The van der Waals surface area contributed by atoms with Gasteiger partial charge in [-0.3, -0.25) is 14.5 Å². The Kier molecular flexibility index (Phi) is 7.07. The number of rotatable bonds is 5. The third-order valence-corrected chi connectivity index (χ3v) is 7.66. The third kappa shape index (κ3) is 4.93. The first kappa shape index (κ1) is 23.8. The fraction of sp³-hybridized carbons (Fsp3) is 0.444. The first-order valence-corrected chi connectivity index (χ1v) is 12.9. The van der Waals surface area contributed by atoms with Crippen molar-refractivity contribution in [3.63, 3.8) is 0 Å². The average Bonchev–Trinajstić information content (AvgIpc) is 3.25. The number of carbonyl (C=O) groups is 2. The van der Waals surface area contributed by atoms with Gasteiger partial charge in [0.05, 0.1) is 28.2 Å². The molecule has 7 nitrogen and oxygen atoms in total. The zero-order valence-corrected chi connectivity index (χ0v) is 21.0. The fourth-order valence-corrected chi connectivity index (χ4v) is 5.55. The minimum Gasteiger partial charge on any atom is -0.339 e. The first-order chi connectivity index (χ1) is 17.0. The van der Waals surface area contributed by atoms with Crippen LogP contribution in [-0.2, 0) is 17.9 Å². The van der Waals surface area contributed by atoms with Crippen molar-refractivity contribution >= 4 is 34.4 Å². The molecule has 35 heavy (non-hydrogen) atoms. The predicted octanol–water partition coefficient (Wildman–Crippen LogP) is 3.91. The molecule has 0 bridgehead atoms. The maximum absolute atomic E-state index is 13.2. The van der Waals surface area contributed by atoms with E-state index < -0.39 is 0 Å². The van der Waals surface area contributed by atoms with Gasteiger partial charge in [0.15, 0.2) is 0 Å². The van der Waals surface area contributed by atoms with E-state index in [0.29, 0.717) is 36.8 Å². The highest BCUT2D eigenvalue weighted by Crippen LogP contribution is 2.24. The van der Waals surface area contributed by atoms with E-state index in [2.05, 4.69) is 34.6 Å². The van der Waals surface area contributed by atoms with Crippen molar-refractivity contribution in [2.75, 3.05) is 39.3 Å². The molecule has 2 aromatic carbocycles. The number of piperazine rings is 1. The average molecular weight is 494 g/mol. The molecule has 0 aliphatic carbocycles. The van der Waals surface area contributed by atoms with Crippen LogP contribution in [0.3, 0.4) is 0 Å². The minimum absolute atomic E-state index is 0.0575. The smallest absolute Gasteiger partial charge is 0.255 e. The molecule has 1 aromatic heterocycles. The van der Waals surface area contributed by atoms with Gasteiger partial charge < -0.3 is 14.4 Å². The van der Waals surface area contributed by atoms with Gasteiger partial charge in [-0.1, -0.05) is 35.9 Å². The second-order valence-corrected chi connectivity index (χ2v) is 9.82. The number of amides is 2. The number of piperidine rings is 1. The van der Waals surface area contributed by atoms with E-state index in [4.69, 9.17) is 16.6 Å². The van der Waals surface area contributed by atoms with Crippen LogP contribution < -0.4 is 0 Å². The molecule has 0 saturated carbocycles. The molecule has 0 atom stereocenters. The molecule has 2 aliphatic heterocycles. The standard InChI is InChI=1S/C27H32ClN5O2/c1-2-33-24-10-6-5-9-23(24)29-25(33)19-30-13-11-20(12-14-30)26(34)31-15-17-32(18-16-31)27(35)21-7-3-4-8-22(21)28/h3-10,20H,2,11-19H2,1H3. The lowest BCUT2D eigenvalue weighted by Gasteiger charge is -2.38. The Bertz CT molecular complexity index is 1210. The Morgan fingerprint density at radius 3 is 2.29 bits per heavy atom. The van der Waals surface area contributed by atoms with E-state index in [0.717, 1.165) is 50.4 Å². The number of aromatic nitrogens is 2. The largest absolute Gasteiger partial charge is 0.339 e. The Morgan fingerprint density at radius 2 is 1.57 bits per heavy atom. The number of halogens is 1. The molecule has 0 spiro atoms. The summed E-state index contributed by atoms with van der Waals surface area (Å²) in [5, 5.41) is 0.470. The van der Waals surface area contributed by atoms with Crippen LogP contribution in [0.25, 0.3) is 11.0 Å². The second-order valence-electron chi connectivity index (χ2n) is 9.41. The predicted molar refractivity (Wildman–Crippen MR) is 137 cm³/mol. The summed E-state index contributed by atoms with van der Waals surface area (Å²) >= 11 is 6.20. The molecular formula is C27H32ClN5O2. The van der Waals surface area contributed by atoms with Gasteiger partial charge in [-0.15, -0.1) is 0 Å². The lowest BCUT2D eigenvalue weighted by Crippen LogP contribution is -2.53. The van der Waals surface area contributed by atoms with Crippen LogP contribution in [0.15, 0.2) is 48.5 Å². The molecule has 5 rings (SSSR count). The summed E-state index contributed by atoms with van der Waals surface area (Å²) < 4.78 is 2.29. The van der Waals surface area contributed by atoms with Gasteiger partial charge >= 0.3 is 0 Å². The van der Waals surface area contributed by atoms with Gasteiger partial charge in [0.25, 0.3) is 5.91 Å². The van der Waals surface area contributed by atoms with Crippen LogP contribution in [0.2, 0.25) is 5.02 Å². The number of aryl methyl sites for hydroxylation is 1. The quantitative estimate of drug-likeness (QED) is 0.540. The molecular weight excluding hydrogens is 462 g/mol. The van der Waals surface area contributed by atoms with E-state index in [-0.39, 0.29) is 17.7 Å². The van der Waals surface area contributed by atoms with Gasteiger partial charge in [-0.25, -0.2) is 4.98 Å². The van der Waals surface area contributed by atoms with Crippen LogP contribution in [0.4, 0.5) is 0 Å². The monoisotopic (exact) mass is 493 g/mol. The SMILES string of the molecule is CCn1c(CN2CCC(C(=O)N3CCN(C(=O)c4ccccc4Cl)CC3)CC2)nc2ccccc21. The summed E-state index contributed by atoms with van der Waals surface area (Å²) in [4.78, 5) is 37.0. The third-order valence-electron chi connectivity index (χ3n) is 7.33. The second kappa shape index (κ2) is 10.4. The topological polar surface area (TPSA) is 61.7 Å². The lowest BCUT2D eigenvalue weighted by atomic mass is 9.95. The number of likely N-dealkylation sites (tertiary alicyclic amines) is 1. The van der Waals surface area contributed by atoms with Crippen molar-refractivity contribution in [2.24, 2.45) is 5.92 Å². The van der Waals surface area contributed by atoms with Crippen LogP contribution in [0.1, 0.15) is 35.9 Å². The molecule has 2 fully saturated rings. The Hall–Kier alpha value is -2.90. The van der Waals surface area contributed by atoms with Crippen molar-refractivity contribution in [3.8, 4) is 0 Å². The van der Waals surface area contributed by atoms with Crippen molar-refractivity contribution in [1.82, 2.24) is 24.3 Å². The normalized spacial score (nSPS) is 17.8. The molecule has 2 amide bonds. The molecule has 0 radical (unpaired) electrons. The lowest BCUT2D eigenvalue weighted by molar-refractivity contribution is -0.138. The van der Waals surface area contributed by atoms with E-state index in [1.807, 2.05) is 23.1 Å². The summed E-state index contributed by atoms with van der Waals surface area (Å²) in [6.07, 6.45) is 1.73. The Balaban J connectivity index is 1.13. The highest BCUT2D eigenvalue weighted by Gasteiger charge is 2.32. The van der Waals surface area contributed by atoms with Crippen LogP contribution >= 0.6 is 11.6 Å². The number of imidazole rings is 1. The van der Waals surface area contributed by atoms with Crippen molar-refractivity contribution in [2.45, 2.75) is 32.9 Å².